The van der Waals surface area contributed by atoms with Crippen LogP contribution in [0.1, 0.15) is 72.4 Å². The van der Waals surface area contributed by atoms with Crippen molar-refractivity contribution in [3.63, 3.8) is 0 Å². The van der Waals surface area contributed by atoms with Crippen LogP contribution in [0, 0.1) is 5.41 Å². The second-order valence-electron chi connectivity index (χ2n) is 9.51. The van der Waals surface area contributed by atoms with Gasteiger partial charge in [0.2, 0.25) is 12.1 Å². The zero-order valence-electron chi connectivity index (χ0n) is 18.4. The number of nitrogens with two attached hydrogens (primary N) is 1. The lowest BCUT2D eigenvalue weighted by Gasteiger charge is -2.25. The van der Waals surface area contributed by atoms with Crippen LogP contribution in [0.4, 0.5) is 27.6 Å². The summed E-state index contributed by atoms with van der Waals surface area (Å²) < 4.78 is 71.8. The normalized spacial score (nSPS) is 22.1. The summed E-state index contributed by atoms with van der Waals surface area (Å²) in [6, 6.07) is 2.51. The summed E-state index contributed by atoms with van der Waals surface area (Å²) in [6.45, 7) is 4.81. The highest BCUT2D eigenvalue weighted by Crippen LogP contribution is 2.50. The molecular weight excluding hydrogens is 461 g/mol. The molecule has 34 heavy (non-hydrogen) atoms. The summed E-state index contributed by atoms with van der Waals surface area (Å²) in [5.74, 6) is -4.44. The van der Waals surface area contributed by atoms with E-state index in [-0.39, 0.29) is 42.2 Å². The minimum absolute atomic E-state index is 0.0294. The monoisotopic (exact) mass is 486 g/mol. The standard InChI is InChI=1S/C22H24F5N5O2/c1-12(28)15-9-14(5-8-32(15)34)29-19(33)18-16(22(25,26)27)17(13-3-4-13)30-31(18)11-20(2)6-7-21(23,24)10-20/h5,8-9,13,34H,1,3-4,6-7,10-11,28H2,2H3/p+1. The first-order valence-electron chi connectivity index (χ1n) is 10.8. The van der Waals surface area contributed by atoms with E-state index in [0.29, 0.717) is 17.6 Å². The van der Waals surface area contributed by atoms with Gasteiger partial charge in [-0.1, -0.05) is 13.5 Å². The number of amides is 1. The molecule has 2 fully saturated rings. The lowest BCUT2D eigenvalue weighted by Crippen LogP contribution is -2.35. The first-order valence-corrected chi connectivity index (χ1v) is 10.8. The highest BCUT2D eigenvalue weighted by molar-refractivity contribution is 6.04. The summed E-state index contributed by atoms with van der Waals surface area (Å²) in [5.41, 5.74) is 2.53. The van der Waals surface area contributed by atoms with E-state index in [1.807, 2.05) is 0 Å². The summed E-state index contributed by atoms with van der Waals surface area (Å²) in [7, 11) is 0. The molecule has 184 valence electrons. The quantitative estimate of drug-likeness (QED) is 0.322. The molecule has 0 bridgehead atoms. The van der Waals surface area contributed by atoms with Crippen molar-refractivity contribution in [1.82, 2.24) is 9.78 Å². The summed E-state index contributed by atoms with van der Waals surface area (Å²) in [5, 5.41) is 16.3. The minimum Gasteiger partial charge on any atom is -0.394 e. The topological polar surface area (TPSA) is 97.0 Å². The molecule has 2 aromatic rings. The maximum Gasteiger partial charge on any atom is 0.420 e. The highest BCUT2D eigenvalue weighted by atomic mass is 19.4. The van der Waals surface area contributed by atoms with Crippen LogP contribution in [-0.4, -0.2) is 26.8 Å². The van der Waals surface area contributed by atoms with Gasteiger partial charge in [0.1, 0.15) is 17.0 Å². The van der Waals surface area contributed by atoms with Crippen molar-refractivity contribution in [2.75, 3.05) is 5.32 Å². The van der Waals surface area contributed by atoms with Gasteiger partial charge in [0.15, 0.2) is 0 Å². The van der Waals surface area contributed by atoms with Gasteiger partial charge in [-0.2, -0.15) is 18.3 Å². The molecule has 4 N–H and O–H groups in total. The molecule has 0 aromatic carbocycles. The number of carbonyl (C=O) groups is 1. The van der Waals surface area contributed by atoms with E-state index in [0.717, 1.165) is 10.9 Å². The van der Waals surface area contributed by atoms with Crippen molar-refractivity contribution in [2.45, 2.75) is 63.6 Å². The molecule has 2 heterocycles. The molecule has 1 amide bonds. The van der Waals surface area contributed by atoms with Gasteiger partial charge >= 0.3 is 6.18 Å². The Labute approximate surface area is 192 Å². The second kappa shape index (κ2) is 7.95. The van der Waals surface area contributed by atoms with Crippen LogP contribution in [0.3, 0.4) is 0 Å². The van der Waals surface area contributed by atoms with Crippen molar-refractivity contribution in [1.29, 1.82) is 0 Å². The Morgan fingerprint density at radius 2 is 2.06 bits per heavy atom. The Morgan fingerprint density at radius 3 is 2.59 bits per heavy atom. The fourth-order valence-electron chi connectivity index (χ4n) is 4.53. The number of halogens is 5. The second-order valence-corrected chi connectivity index (χ2v) is 9.51. The molecule has 2 aliphatic rings. The molecule has 1 atom stereocenters. The van der Waals surface area contributed by atoms with E-state index < -0.39 is 47.0 Å². The molecule has 12 heteroatoms. The van der Waals surface area contributed by atoms with Gasteiger partial charge in [0.25, 0.3) is 11.6 Å². The van der Waals surface area contributed by atoms with Crippen LogP contribution < -0.4 is 15.8 Å². The lowest BCUT2D eigenvalue weighted by molar-refractivity contribution is -0.906. The van der Waals surface area contributed by atoms with Gasteiger partial charge in [-0.05, 0) is 24.7 Å². The zero-order chi connectivity index (χ0) is 25.1. The molecule has 2 saturated carbocycles. The Morgan fingerprint density at radius 1 is 1.38 bits per heavy atom. The number of carbonyl (C=O) groups excluding carboxylic acids is 1. The van der Waals surface area contributed by atoms with Gasteiger partial charge < -0.3 is 11.1 Å². The van der Waals surface area contributed by atoms with Crippen molar-refractivity contribution in [3.05, 3.63) is 47.6 Å². The number of alkyl halides is 5. The number of rotatable bonds is 6. The molecular formula is C22H25F5N5O2+. The smallest absolute Gasteiger partial charge is 0.394 e. The third kappa shape index (κ3) is 4.71. The number of anilines is 1. The Bertz CT molecular complexity index is 1160. The van der Waals surface area contributed by atoms with E-state index in [1.165, 1.54) is 12.1 Å². The van der Waals surface area contributed by atoms with Crippen LogP contribution in [0.2, 0.25) is 0 Å². The highest BCUT2D eigenvalue weighted by Gasteiger charge is 2.50. The van der Waals surface area contributed by atoms with Crippen molar-refractivity contribution in [2.24, 2.45) is 11.1 Å². The maximum absolute atomic E-state index is 14.1. The van der Waals surface area contributed by atoms with Gasteiger partial charge in [0, 0.05) is 42.2 Å². The average Bonchev–Trinajstić information content (AvgIpc) is 3.41. The van der Waals surface area contributed by atoms with Gasteiger partial charge in [0.05, 0.1) is 11.4 Å². The molecule has 0 saturated heterocycles. The van der Waals surface area contributed by atoms with Crippen LogP contribution in [0.25, 0.3) is 5.70 Å². The number of pyridine rings is 1. The fraction of sp³-hybridized carbons (Fsp3) is 0.500. The number of nitrogens with zero attached hydrogens (tertiary/aromatic N) is 3. The van der Waals surface area contributed by atoms with Crippen molar-refractivity contribution in [3.8, 4) is 0 Å². The maximum atomic E-state index is 14.1. The largest absolute Gasteiger partial charge is 0.420 e. The van der Waals surface area contributed by atoms with Crippen molar-refractivity contribution < 1.29 is 36.7 Å². The van der Waals surface area contributed by atoms with E-state index in [1.54, 1.807) is 6.92 Å². The Hall–Kier alpha value is -3.18. The molecule has 2 aromatic heterocycles. The van der Waals surface area contributed by atoms with E-state index >= 15 is 0 Å². The summed E-state index contributed by atoms with van der Waals surface area (Å²) in [4.78, 5) is 13.2. The van der Waals surface area contributed by atoms with E-state index in [9.17, 15) is 32.0 Å². The van der Waals surface area contributed by atoms with Gasteiger partial charge in [-0.15, -0.1) is 0 Å². The van der Waals surface area contributed by atoms with Crippen LogP contribution in [0.5, 0.6) is 0 Å². The predicted molar refractivity (Wildman–Crippen MR) is 111 cm³/mol. The molecule has 0 aliphatic heterocycles. The number of hydrogen-bond acceptors (Lipinski definition) is 4. The van der Waals surface area contributed by atoms with Gasteiger partial charge in [-0.3, -0.25) is 14.7 Å². The first-order chi connectivity index (χ1) is 15.7. The minimum atomic E-state index is -4.87. The predicted octanol–water partition coefficient (Wildman–Crippen LogP) is 4.31. The van der Waals surface area contributed by atoms with Crippen LogP contribution in [0.15, 0.2) is 24.9 Å². The Kier molecular flexibility index (Phi) is 5.60. The number of aromatic nitrogens is 3. The lowest BCUT2D eigenvalue weighted by atomic mass is 9.88. The number of hydrogen-bond donors (Lipinski definition) is 3. The molecule has 0 radical (unpaired) electrons. The number of nitrogens with one attached hydrogen (secondary N) is 1. The zero-order valence-corrected chi connectivity index (χ0v) is 18.4. The molecule has 2 aliphatic carbocycles. The summed E-state index contributed by atoms with van der Waals surface area (Å²) in [6.07, 6.45) is -3.49. The third-order valence-electron chi connectivity index (χ3n) is 6.27. The van der Waals surface area contributed by atoms with Gasteiger partial charge in [-0.25, -0.2) is 8.78 Å². The average molecular weight is 486 g/mol. The van der Waals surface area contributed by atoms with Crippen LogP contribution >= 0.6 is 0 Å². The molecule has 0 spiro atoms. The first kappa shape index (κ1) is 24.0. The Balaban J connectivity index is 1.76. The SMILES string of the molecule is C=C(N)c1cc(NC(=O)c2c(C(F)(F)F)c(C3CC3)nn2CC2(C)CCC(F)(F)C2)cc[n+]1O. The van der Waals surface area contributed by atoms with Crippen LogP contribution in [-0.2, 0) is 12.7 Å². The molecule has 4 rings (SSSR count). The molecule has 7 nitrogen and oxygen atoms in total. The van der Waals surface area contributed by atoms with E-state index in [4.69, 9.17) is 5.73 Å². The summed E-state index contributed by atoms with van der Waals surface area (Å²) >= 11 is 0. The molecule has 1 unspecified atom stereocenters. The van der Waals surface area contributed by atoms with Crippen molar-refractivity contribution >= 4 is 17.3 Å². The van der Waals surface area contributed by atoms with E-state index in [2.05, 4.69) is 17.0 Å². The third-order valence-corrected chi connectivity index (χ3v) is 6.27. The fourth-order valence-corrected chi connectivity index (χ4v) is 4.53.